The molecule has 108 valence electrons. The van der Waals surface area contributed by atoms with Crippen molar-refractivity contribution < 1.29 is 4.79 Å². The summed E-state index contributed by atoms with van der Waals surface area (Å²) in [6.07, 6.45) is 4.11. The summed E-state index contributed by atoms with van der Waals surface area (Å²) in [4.78, 5) is 18.1. The molecule has 2 aromatic heterocycles. The minimum atomic E-state index is 0.160. The molecule has 5 nitrogen and oxygen atoms in total. The molecular formula is C13H18N4OS2. The second-order valence-corrected chi connectivity index (χ2v) is 6.68. The lowest BCUT2D eigenvalue weighted by atomic mass is 10.3. The number of thiazole rings is 1. The van der Waals surface area contributed by atoms with Crippen LogP contribution in [0, 0.1) is 6.92 Å². The molecule has 0 aliphatic carbocycles. The van der Waals surface area contributed by atoms with E-state index in [4.69, 9.17) is 0 Å². The fourth-order valence-electron chi connectivity index (χ4n) is 1.73. The Morgan fingerprint density at radius 3 is 3.05 bits per heavy atom. The van der Waals surface area contributed by atoms with Gasteiger partial charge in [-0.25, -0.2) is 4.98 Å². The summed E-state index contributed by atoms with van der Waals surface area (Å²) >= 11 is 3.42. The zero-order valence-electron chi connectivity index (χ0n) is 11.6. The van der Waals surface area contributed by atoms with Gasteiger partial charge in [0.05, 0.1) is 16.9 Å². The Morgan fingerprint density at radius 1 is 1.55 bits per heavy atom. The highest BCUT2D eigenvalue weighted by molar-refractivity contribution is 7.98. The van der Waals surface area contributed by atoms with Gasteiger partial charge < -0.3 is 4.90 Å². The third-order valence-electron chi connectivity index (χ3n) is 2.78. The highest BCUT2D eigenvalue weighted by atomic mass is 32.2. The SMILES string of the molecule is Cc1nc(CSCCC(=O)N(C)Cc2cn[nH]c2)cs1. The zero-order valence-corrected chi connectivity index (χ0v) is 13.3. The average Bonchev–Trinajstić information content (AvgIpc) is 3.06. The van der Waals surface area contributed by atoms with Crippen LogP contribution in [0.5, 0.6) is 0 Å². The van der Waals surface area contributed by atoms with E-state index in [0.717, 1.165) is 27.8 Å². The van der Waals surface area contributed by atoms with Gasteiger partial charge in [0.1, 0.15) is 0 Å². The van der Waals surface area contributed by atoms with Crippen LogP contribution in [0.4, 0.5) is 0 Å². The standard InChI is InChI=1S/C13H18N4OS2/c1-10-16-12(9-20-10)8-19-4-3-13(18)17(2)7-11-5-14-15-6-11/h5-6,9H,3-4,7-8H2,1-2H3,(H,14,15). The number of nitrogens with zero attached hydrogens (tertiary/aromatic N) is 3. The van der Waals surface area contributed by atoms with Crippen molar-refractivity contribution in [3.63, 3.8) is 0 Å². The van der Waals surface area contributed by atoms with E-state index < -0.39 is 0 Å². The third-order valence-corrected chi connectivity index (χ3v) is 4.59. The topological polar surface area (TPSA) is 61.9 Å². The monoisotopic (exact) mass is 310 g/mol. The van der Waals surface area contributed by atoms with Gasteiger partial charge in [-0.2, -0.15) is 16.9 Å². The minimum absolute atomic E-state index is 0.160. The van der Waals surface area contributed by atoms with E-state index in [1.807, 2.05) is 20.2 Å². The van der Waals surface area contributed by atoms with Crippen molar-refractivity contribution in [2.75, 3.05) is 12.8 Å². The number of hydrogen-bond acceptors (Lipinski definition) is 5. The minimum Gasteiger partial charge on any atom is -0.341 e. The van der Waals surface area contributed by atoms with Crippen molar-refractivity contribution in [1.82, 2.24) is 20.1 Å². The number of carbonyl (C=O) groups is 1. The predicted molar refractivity (Wildman–Crippen MR) is 82.7 cm³/mol. The van der Waals surface area contributed by atoms with Crippen LogP contribution in [0.1, 0.15) is 22.7 Å². The van der Waals surface area contributed by atoms with Crippen molar-refractivity contribution in [1.29, 1.82) is 0 Å². The van der Waals surface area contributed by atoms with Crippen molar-refractivity contribution >= 4 is 29.0 Å². The molecule has 0 bridgehead atoms. The molecule has 2 aromatic rings. The Kier molecular flexibility index (Phi) is 5.60. The van der Waals surface area contributed by atoms with Crippen LogP contribution >= 0.6 is 23.1 Å². The van der Waals surface area contributed by atoms with Gasteiger partial charge in [0, 0.05) is 48.7 Å². The fourth-order valence-corrected chi connectivity index (χ4v) is 3.27. The number of hydrogen-bond donors (Lipinski definition) is 1. The molecule has 0 unspecified atom stereocenters. The van der Waals surface area contributed by atoms with Crippen molar-refractivity contribution in [2.24, 2.45) is 0 Å². The molecule has 0 aliphatic rings. The molecule has 2 heterocycles. The molecule has 0 spiro atoms. The summed E-state index contributed by atoms with van der Waals surface area (Å²) in [5.41, 5.74) is 2.13. The van der Waals surface area contributed by atoms with E-state index in [2.05, 4.69) is 20.6 Å². The van der Waals surface area contributed by atoms with Crippen molar-refractivity contribution in [2.45, 2.75) is 25.6 Å². The Bertz CT molecular complexity index is 538. The molecular weight excluding hydrogens is 292 g/mol. The van der Waals surface area contributed by atoms with Crippen LogP contribution in [0.3, 0.4) is 0 Å². The largest absolute Gasteiger partial charge is 0.341 e. The molecule has 0 atom stereocenters. The molecule has 0 aromatic carbocycles. The van der Waals surface area contributed by atoms with E-state index in [-0.39, 0.29) is 5.91 Å². The fraction of sp³-hybridized carbons (Fsp3) is 0.462. The number of aryl methyl sites for hydroxylation is 1. The lowest BCUT2D eigenvalue weighted by Crippen LogP contribution is -2.26. The van der Waals surface area contributed by atoms with Crippen molar-refractivity contribution in [3.8, 4) is 0 Å². The summed E-state index contributed by atoms with van der Waals surface area (Å²) in [5.74, 6) is 1.86. The second kappa shape index (κ2) is 7.44. The van der Waals surface area contributed by atoms with Gasteiger partial charge in [0.2, 0.25) is 5.91 Å². The first kappa shape index (κ1) is 15.1. The van der Waals surface area contributed by atoms with Gasteiger partial charge in [-0.05, 0) is 6.92 Å². The maximum absolute atomic E-state index is 12.0. The van der Waals surface area contributed by atoms with Gasteiger partial charge in [-0.15, -0.1) is 11.3 Å². The van der Waals surface area contributed by atoms with E-state index >= 15 is 0 Å². The molecule has 7 heteroatoms. The highest BCUT2D eigenvalue weighted by Crippen LogP contribution is 2.16. The Hall–Kier alpha value is -1.34. The summed E-state index contributed by atoms with van der Waals surface area (Å²) in [7, 11) is 1.82. The van der Waals surface area contributed by atoms with Crippen LogP contribution in [-0.2, 0) is 17.1 Å². The molecule has 2 rings (SSSR count). The molecule has 0 saturated heterocycles. The van der Waals surface area contributed by atoms with Gasteiger partial charge in [-0.3, -0.25) is 9.89 Å². The lowest BCUT2D eigenvalue weighted by molar-refractivity contribution is -0.129. The maximum atomic E-state index is 12.0. The number of aromatic amines is 1. The van der Waals surface area contributed by atoms with Crippen LogP contribution < -0.4 is 0 Å². The first-order valence-electron chi connectivity index (χ1n) is 6.35. The highest BCUT2D eigenvalue weighted by Gasteiger charge is 2.09. The smallest absolute Gasteiger partial charge is 0.223 e. The van der Waals surface area contributed by atoms with Crippen LogP contribution in [0.15, 0.2) is 17.8 Å². The van der Waals surface area contributed by atoms with Crippen LogP contribution in [-0.4, -0.2) is 38.8 Å². The quantitative estimate of drug-likeness (QED) is 0.798. The molecule has 0 saturated carbocycles. The second-order valence-electron chi connectivity index (χ2n) is 4.52. The Labute approximate surface area is 126 Å². The zero-order chi connectivity index (χ0) is 14.4. The molecule has 0 aliphatic heterocycles. The first-order valence-corrected chi connectivity index (χ1v) is 8.39. The number of thioether (sulfide) groups is 1. The van der Waals surface area contributed by atoms with Crippen molar-refractivity contribution in [3.05, 3.63) is 34.0 Å². The molecule has 0 radical (unpaired) electrons. The van der Waals surface area contributed by atoms with E-state index in [9.17, 15) is 4.79 Å². The van der Waals surface area contributed by atoms with Crippen LogP contribution in [0.25, 0.3) is 0 Å². The molecule has 0 fully saturated rings. The number of nitrogens with one attached hydrogen (secondary N) is 1. The van der Waals surface area contributed by atoms with E-state index in [1.54, 1.807) is 34.2 Å². The number of H-pyrrole nitrogens is 1. The predicted octanol–water partition coefficient (Wildman–Crippen LogP) is 2.46. The maximum Gasteiger partial charge on any atom is 0.223 e. The van der Waals surface area contributed by atoms with Gasteiger partial charge in [-0.1, -0.05) is 0 Å². The normalized spacial score (nSPS) is 10.7. The average molecular weight is 310 g/mol. The summed E-state index contributed by atoms with van der Waals surface area (Å²) in [6, 6.07) is 0. The van der Waals surface area contributed by atoms with Gasteiger partial charge in [0.15, 0.2) is 0 Å². The lowest BCUT2D eigenvalue weighted by Gasteiger charge is -2.15. The first-order chi connectivity index (χ1) is 9.65. The van der Waals surface area contributed by atoms with Gasteiger partial charge in [0.25, 0.3) is 0 Å². The Balaban J connectivity index is 1.64. The van der Waals surface area contributed by atoms with Crippen LogP contribution in [0.2, 0.25) is 0 Å². The number of rotatable bonds is 7. The Morgan fingerprint density at radius 2 is 2.40 bits per heavy atom. The molecule has 20 heavy (non-hydrogen) atoms. The third kappa shape index (κ3) is 4.64. The molecule has 1 amide bonds. The van der Waals surface area contributed by atoms with Gasteiger partial charge >= 0.3 is 0 Å². The summed E-state index contributed by atoms with van der Waals surface area (Å²) in [6.45, 7) is 2.61. The number of amides is 1. The number of carbonyl (C=O) groups excluding carboxylic acids is 1. The summed E-state index contributed by atoms with van der Waals surface area (Å²) < 4.78 is 0. The van der Waals surface area contributed by atoms with E-state index in [1.165, 1.54) is 0 Å². The summed E-state index contributed by atoms with van der Waals surface area (Å²) in [5, 5.41) is 9.79. The molecule has 1 N–H and O–H groups in total. The van der Waals surface area contributed by atoms with E-state index in [0.29, 0.717) is 13.0 Å². The number of aromatic nitrogens is 3.